The standard InChI is InChI=1S/C16H19N5O6S/c1-11-10-14(25-2)19-15(18-11)20-16(22)21-28(23,24)13-7-5-4-6-12(13)27-9-8-17-26-3/h4-8,10H,9H2,1-3H3,(H2,18,19,20,21,22). The van der Waals surface area contributed by atoms with Gasteiger partial charge in [0, 0.05) is 11.8 Å². The van der Waals surface area contributed by atoms with Gasteiger partial charge in [-0.05, 0) is 19.1 Å². The van der Waals surface area contributed by atoms with Crippen LogP contribution < -0.4 is 19.5 Å². The number of sulfonamides is 1. The number of nitrogens with one attached hydrogen (secondary N) is 2. The van der Waals surface area contributed by atoms with Crippen molar-refractivity contribution in [3.63, 3.8) is 0 Å². The monoisotopic (exact) mass is 409 g/mol. The van der Waals surface area contributed by atoms with Crippen LogP contribution in [0, 0.1) is 6.92 Å². The van der Waals surface area contributed by atoms with Crippen LogP contribution in [0.25, 0.3) is 0 Å². The van der Waals surface area contributed by atoms with Crippen LogP contribution in [0.3, 0.4) is 0 Å². The lowest BCUT2D eigenvalue weighted by Gasteiger charge is -2.12. The quantitative estimate of drug-likeness (QED) is 0.491. The molecule has 2 N–H and O–H groups in total. The molecule has 0 radical (unpaired) electrons. The number of para-hydroxylation sites is 1. The molecule has 0 aliphatic heterocycles. The summed E-state index contributed by atoms with van der Waals surface area (Å²) in [5, 5.41) is 5.74. The maximum Gasteiger partial charge on any atom is 0.335 e. The van der Waals surface area contributed by atoms with E-state index in [1.807, 2.05) is 4.72 Å². The summed E-state index contributed by atoms with van der Waals surface area (Å²) in [6.45, 7) is 1.65. The zero-order valence-corrected chi connectivity index (χ0v) is 16.2. The van der Waals surface area contributed by atoms with E-state index in [2.05, 4.69) is 25.3 Å². The van der Waals surface area contributed by atoms with Crippen molar-refractivity contribution in [3.8, 4) is 11.6 Å². The zero-order valence-electron chi connectivity index (χ0n) is 15.4. The van der Waals surface area contributed by atoms with Crippen LogP contribution in [0.15, 0.2) is 40.4 Å². The number of amides is 2. The largest absolute Gasteiger partial charge is 0.486 e. The number of rotatable bonds is 8. The molecule has 0 aliphatic carbocycles. The number of nitrogens with zero attached hydrogens (tertiary/aromatic N) is 3. The Balaban J connectivity index is 2.14. The molecule has 0 unspecified atom stereocenters. The van der Waals surface area contributed by atoms with Crippen molar-refractivity contribution in [3.05, 3.63) is 36.0 Å². The number of ether oxygens (including phenoxy) is 2. The van der Waals surface area contributed by atoms with Crippen molar-refractivity contribution in [2.24, 2.45) is 5.16 Å². The average molecular weight is 409 g/mol. The number of aryl methyl sites for hydroxylation is 1. The maximum absolute atomic E-state index is 12.6. The summed E-state index contributed by atoms with van der Waals surface area (Å²) >= 11 is 0. The number of carbonyl (C=O) groups is 1. The Kier molecular flexibility index (Phi) is 7.09. The summed E-state index contributed by atoms with van der Waals surface area (Å²) < 4.78 is 37.3. The van der Waals surface area contributed by atoms with Crippen molar-refractivity contribution >= 4 is 28.2 Å². The molecule has 2 amide bonds. The van der Waals surface area contributed by atoms with Crippen LogP contribution in [0.2, 0.25) is 0 Å². The minimum absolute atomic E-state index is 0.0243. The molecule has 1 aromatic heterocycles. The third kappa shape index (κ3) is 5.81. The first-order valence-corrected chi connectivity index (χ1v) is 9.34. The van der Waals surface area contributed by atoms with E-state index in [0.717, 1.165) is 0 Å². The number of anilines is 1. The van der Waals surface area contributed by atoms with Crippen LogP contribution in [0.1, 0.15) is 5.69 Å². The summed E-state index contributed by atoms with van der Waals surface area (Å²) in [4.78, 5) is 24.3. The molecule has 1 aromatic carbocycles. The Morgan fingerprint density at radius 1 is 1.25 bits per heavy atom. The maximum atomic E-state index is 12.6. The second-order valence-corrected chi connectivity index (χ2v) is 6.81. The molecule has 0 atom stereocenters. The molecule has 150 valence electrons. The van der Waals surface area contributed by atoms with Crippen molar-refractivity contribution in [1.82, 2.24) is 14.7 Å². The fourth-order valence-electron chi connectivity index (χ4n) is 2.03. The van der Waals surface area contributed by atoms with Gasteiger partial charge in [0.1, 0.15) is 24.4 Å². The van der Waals surface area contributed by atoms with E-state index in [0.29, 0.717) is 5.69 Å². The number of benzene rings is 1. The minimum atomic E-state index is -4.23. The molecule has 28 heavy (non-hydrogen) atoms. The van der Waals surface area contributed by atoms with Crippen LogP contribution in [-0.4, -0.2) is 51.5 Å². The molecular weight excluding hydrogens is 390 g/mol. The number of aromatic nitrogens is 2. The highest BCUT2D eigenvalue weighted by molar-refractivity contribution is 7.90. The second kappa shape index (κ2) is 9.50. The van der Waals surface area contributed by atoms with Crippen LogP contribution in [0.4, 0.5) is 10.7 Å². The first kappa shape index (κ1) is 20.9. The fourth-order valence-corrected chi connectivity index (χ4v) is 3.08. The number of hydrogen-bond acceptors (Lipinski definition) is 9. The highest BCUT2D eigenvalue weighted by Crippen LogP contribution is 2.23. The Labute approximate surface area is 161 Å². The average Bonchev–Trinajstić information content (AvgIpc) is 2.64. The topological polar surface area (TPSA) is 141 Å². The SMILES string of the molecule is CON=CCOc1ccccc1S(=O)(=O)NC(=O)Nc1nc(C)cc(OC)n1. The van der Waals surface area contributed by atoms with E-state index in [4.69, 9.17) is 9.47 Å². The Morgan fingerprint density at radius 3 is 2.71 bits per heavy atom. The van der Waals surface area contributed by atoms with E-state index >= 15 is 0 Å². The van der Waals surface area contributed by atoms with Crippen molar-refractivity contribution in [2.45, 2.75) is 11.8 Å². The predicted octanol–water partition coefficient (Wildman–Crippen LogP) is 1.32. The highest BCUT2D eigenvalue weighted by atomic mass is 32.2. The Morgan fingerprint density at radius 2 is 2.00 bits per heavy atom. The molecule has 2 aromatic rings. The van der Waals surface area contributed by atoms with Gasteiger partial charge in [0.25, 0.3) is 10.0 Å². The smallest absolute Gasteiger partial charge is 0.335 e. The molecule has 0 aliphatic rings. The number of methoxy groups -OCH3 is 1. The van der Waals surface area contributed by atoms with E-state index < -0.39 is 16.1 Å². The van der Waals surface area contributed by atoms with Crippen molar-refractivity contribution < 1.29 is 27.5 Å². The van der Waals surface area contributed by atoms with Gasteiger partial charge in [-0.25, -0.2) is 22.9 Å². The summed E-state index contributed by atoms with van der Waals surface area (Å²) in [6.07, 6.45) is 1.31. The van der Waals surface area contributed by atoms with Gasteiger partial charge in [0.05, 0.1) is 13.3 Å². The second-order valence-electron chi connectivity index (χ2n) is 5.16. The molecule has 0 saturated heterocycles. The van der Waals surface area contributed by atoms with Gasteiger partial charge in [-0.2, -0.15) is 4.98 Å². The molecule has 0 spiro atoms. The van der Waals surface area contributed by atoms with Crippen molar-refractivity contribution in [1.29, 1.82) is 0 Å². The third-order valence-corrected chi connectivity index (χ3v) is 4.49. The van der Waals surface area contributed by atoms with E-state index in [-0.39, 0.29) is 29.1 Å². The molecule has 0 fully saturated rings. The number of urea groups is 1. The van der Waals surface area contributed by atoms with Crippen molar-refractivity contribution in [2.75, 3.05) is 26.1 Å². The predicted molar refractivity (Wildman–Crippen MR) is 100 cm³/mol. The van der Waals surface area contributed by atoms with Gasteiger partial charge in [-0.3, -0.25) is 5.32 Å². The van der Waals surface area contributed by atoms with E-state index in [1.165, 1.54) is 38.6 Å². The van der Waals surface area contributed by atoms with Gasteiger partial charge >= 0.3 is 6.03 Å². The third-order valence-electron chi connectivity index (χ3n) is 3.12. The Bertz CT molecular complexity index is 964. The van der Waals surface area contributed by atoms with Crippen LogP contribution >= 0.6 is 0 Å². The number of hydrogen-bond donors (Lipinski definition) is 2. The lowest BCUT2D eigenvalue weighted by molar-refractivity contribution is 0.212. The van der Waals surface area contributed by atoms with Gasteiger partial charge in [-0.15, -0.1) is 0 Å². The summed E-state index contributed by atoms with van der Waals surface area (Å²) in [5.41, 5.74) is 0.529. The summed E-state index contributed by atoms with van der Waals surface area (Å²) in [6, 6.07) is 6.35. The van der Waals surface area contributed by atoms with Gasteiger partial charge < -0.3 is 14.3 Å². The molecule has 2 rings (SSSR count). The normalized spacial score (nSPS) is 11.1. The van der Waals surface area contributed by atoms with E-state index in [9.17, 15) is 13.2 Å². The highest BCUT2D eigenvalue weighted by Gasteiger charge is 2.22. The lowest BCUT2D eigenvalue weighted by Crippen LogP contribution is -2.35. The fraction of sp³-hybridized carbons (Fsp3) is 0.250. The summed E-state index contributed by atoms with van der Waals surface area (Å²) in [7, 11) is -1.46. The van der Waals surface area contributed by atoms with Gasteiger partial charge in [0.15, 0.2) is 0 Å². The molecule has 11 nitrogen and oxygen atoms in total. The molecule has 12 heteroatoms. The first-order valence-electron chi connectivity index (χ1n) is 7.86. The number of carbonyl (C=O) groups excluding carboxylic acids is 1. The summed E-state index contributed by atoms with van der Waals surface area (Å²) in [5.74, 6) is 0.158. The molecule has 0 saturated carbocycles. The lowest BCUT2D eigenvalue weighted by atomic mass is 10.3. The Hall–Kier alpha value is -3.41. The number of oxime groups is 1. The van der Waals surface area contributed by atoms with E-state index in [1.54, 1.807) is 19.1 Å². The molecular formula is C16H19N5O6S. The minimum Gasteiger partial charge on any atom is -0.486 e. The van der Waals surface area contributed by atoms with Gasteiger partial charge in [-0.1, -0.05) is 17.3 Å². The zero-order chi connectivity index (χ0) is 20.6. The van der Waals surface area contributed by atoms with Gasteiger partial charge in [0.2, 0.25) is 11.8 Å². The molecule has 0 bridgehead atoms. The molecule has 1 heterocycles. The van der Waals surface area contributed by atoms with Crippen LogP contribution in [-0.2, 0) is 14.9 Å². The first-order chi connectivity index (χ1) is 13.4. The van der Waals surface area contributed by atoms with Crippen LogP contribution in [0.5, 0.6) is 11.6 Å².